The number of aromatic amines is 1. The minimum atomic E-state index is -0.324. The Balaban J connectivity index is 1.81. The molecule has 3 rings (SSSR count). The van der Waals surface area contributed by atoms with Crippen molar-refractivity contribution in [1.29, 1.82) is 0 Å². The highest BCUT2D eigenvalue weighted by atomic mass is 16.5. The number of nitrogens with zero attached hydrogens (tertiary/aromatic N) is 1. The lowest BCUT2D eigenvalue weighted by molar-refractivity contribution is 0.0939. The summed E-state index contributed by atoms with van der Waals surface area (Å²) in [6.07, 6.45) is 0.487. The number of carbonyl (C=O) groups excluding carboxylic acids is 1. The van der Waals surface area contributed by atoms with Gasteiger partial charge in [-0.3, -0.25) is 9.59 Å². The van der Waals surface area contributed by atoms with Crippen LogP contribution < -0.4 is 20.3 Å². The van der Waals surface area contributed by atoms with E-state index >= 15 is 0 Å². The molecule has 0 saturated carbocycles. The summed E-state index contributed by atoms with van der Waals surface area (Å²) < 4.78 is 10.7. The molecule has 1 aromatic carbocycles. The maximum atomic E-state index is 12.0. The van der Waals surface area contributed by atoms with Gasteiger partial charge in [0.15, 0.2) is 0 Å². The van der Waals surface area contributed by atoms with E-state index in [1.54, 1.807) is 31.4 Å². The Bertz CT molecular complexity index is 770. The maximum absolute atomic E-state index is 12.0. The first-order valence-corrected chi connectivity index (χ1v) is 6.84. The number of benzene rings is 1. The highest BCUT2D eigenvalue weighted by Gasteiger charge is 2.22. The number of rotatable bonds is 4. The van der Waals surface area contributed by atoms with E-state index in [9.17, 15) is 9.59 Å². The second kappa shape index (κ2) is 5.88. The SMILES string of the molecule is COc1cccc(OCc2nc3c(c(=O)[nH]2)CCNC3=O)c1. The fraction of sp³-hybridized carbons (Fsp3) is 0.267. The van der Waals surface area contributed by atoms with Crippen LogP contribution >= 0.6 is 0 Å². The zero-order chi connectivity index (χ0) is 15.5. The van der Waals surface area contributed by atoms with Crippen LogP contribution in [-0.2, 0) is 13.0 Å². The Kier molecular flexibility index (Phi) is 3.78. The number of nitrogens with one attached hydrogen (secondary N) is 2. The number of amides is 1. The standard InChI is InChI=1S/C15H15N3O4/c1-21-9-3-2-4-10(7-9)22-8-12-17-13-11(14(19)18-12)5-6-16-15(13)20/h2-4,7H,5-6,8H2,1H3,(H,16,20)(H,17,18,19). The number of fused-ring (bicyclic) bond motifs is 1. The topological polar surface area (TPSA) is 93.3 Å². The van der Waals surface area contributed by atoms with Gasteiger partial charge in [-0.1, -0.05) is 6.07 Å². The first kappa shape index (κ1) is 14.1. The first-order valence-electron chi connectivity index (χ1n) is 6.84. The summed E-state index contributed by atoms with van der Waals surface area (Å²) in [4.78, 5) is 30.6. The van der Waals surface area contributed by atoms with Crippen LogP contribution in [0.4, 0.5) is 0 Å². The second-order valence-electron chi connectivity index (χ2n) is 4.81. The lowest BCUT2D eigenvalue weighted by Crippen LogP contribution is -2.37. The Morgan fingerprint density at radius 2 is 2.09 bits per heavy atom. The molecule has 0 saturated heterocycles. The van der Waals surface area contributed by atoms with Crippen molar-refractivity contribution >= 4 is 5.91 Å². The number of H-pyrrole nitrogens is 1. The summed E-state index contributed by atoms with van der Waals surface area (Å²) >= 11 is 0. The number of hydrogen-bond acceptors (Lipinski definition) is 5. The number of aromatic nitrogens is 2. The first-order chi connectivity index (χ1) is 10.7. The number of ether oxygens (including phenoxy) is 2. The van der Waals surface area contributed by atoms with Crippen molar-refractivity contribution in [1.82, 2.24) is 15.3 Å². The molecule has 2 heterocycles. The monoisotopic (exact) mass is 301 g/mol. The van der Waals surface area contributed by atoms with Gasteiger partial charge in [-0.15, -0.1) is 0 Å². The average Bonchev–Trinajstić information content (AvgIpc) is 2.54. The van der Waals surface area contributed by atoms with Gasteiger partial charge in [0.05, 0.1) is 12.7 Å². The summed E-state index contributed by atoms with van der Waals surface area (Å²) in [7, 11) is 1.57. The summed E-state index contributed by atoms with van der Waals surface area (Å²) in [6, 6.07) is 7.09. The Labute approximate surface area is 126 Å². The van der Waals surface area contributed by atoms with Crippen molar-refractivity contribution in [2.45, 2.75) is 13.0 Å². The molecule has 1 aliphatic rings. The molecule has 0 atom stereocenters. The molecule has 2 N–H and O–H groups in total. The average molecular weight is 301 g/mol. The molecule has 0 radical (unpaired) electrons. The van der Waals surface area contributed by atoms with E-state index in [2.05, 4.69) is 15.3 Å². The van der Waals surface area contributed by atoms with Crippen LogP contribution in [0.5, 0.6) is 11.5 Å². The van der Waals surface area contributed by atoms with Crippen LogP contribution in [0.15, 0.2) is 29.1 Å². The van der Waals surface area contributed by atoms with Gasteiger partial charge in [0, 0.05) is 12.6 Å². The second-order valence-corrected chi connectivity index (χ2v) is 4.81. The molecular weight excluding hydrogens is 286 g/mol. The third kappa shape index (κ3) is 2.78. The number of methoxy groups -OCH3 is 1. The summed E-state index contributed by atoms with van der Waals surface area (Å²) in [5.41, 5.74) is 0.317. The predicted octanol–water partition coefficient (Wildman–Crippen LogP) is 0.643. The van der Waals surface area contributed by atoms with E-state index in [-0.39, 0.29) is 23.8 Å². The van der Waals surface area contributed by atoms with Gasteiger partial charge < -0.3 is 19.8 Å². The van der Waals surface area contributed by atoms with Crippen molar-refractivity contribution in [2.24, 2.45) is 0 Å². The molecule has 1 amide bonds. The third-order valence-corrected chi connectivity index (χ3v) is 3.36. The van der Waals surface area contributed by atoms with E-state index < -0.39 is 0 Å². The van der Waals surface area contributed by atoms with Crippen LogP contribution in [0.1, 0.15) is 21.9 Å². The van der Waals surface area contributed by atoms with Crippen molar-refractivity contribution in [3.8, 4) is 11.5 Å². The minimum absolute atomic E-state index is 0.0585. The van der Waals surface area contributed by atoms with Crippen LogP contribution in [0.25, 0.3) is 0 Å². The van der Waals surface area contributed by atoms with Gasteiger partial charge in [0.2, 0.25) is 0 Å². The summed E-state index contributed by atoms with van der Waals surface area (Å²) in [5.74, 6) is 1.24. The van der Waals surface area contributed by atoms with E-state index in [0.717, 1.165) is 0 Å². The molecule has 114 valence electrons. The Hall–Kier alpha value is -2.83. The third-order valence-electron chi connectivity index (χ3n) is 3.36. The molecule has 7 heteroatoms. The lowest BCUT2D eigenvalue weighted by Gasteiger charge is -2.15. The van der Waals surface area contributed by atoms with Gasteiger partial charge in [0.25, 0.3) is 11.5 Å². The molecule has 0 aliphatic carbocycles. The van der Waals surface area contributed by atoms with E-state index in [1.165, 1.54) is 0 Å². The molecule has 0 bridgehead atoms. The van der Waals surface area contributed by atoms with Crippen molar-refractivity contribution in [3.63, 3.8) is 0 Å². The fourth-order valence-electron chi connectivity index (χ4n) is 2.26. The number of hydrogen-bond donors (Lipinski definition) is 2. The normalized spacial score (nSPS) is 13.2. The van der Waals surface area contributed by atoms with Crippen molar-refractivity contribution in [2.75, 3.05) is 13.7 Å². The van der Waals surface area contributed by atoms with E-state index in [4.69, 9.17) is 9.47 Å². The molecule has 1 aliphatic heterocycles. The minimum Gasteiger partial charge on any atom is -0.497 e. The molecule has 0 fully saturated rings. The van der Waals surface area contributed by atoms with Gasteiger partial charge in [0.1, 0.15) is 29.6 Å². The van der Waals surface area contributed by atoms with Crippen LogP contribution in [0.2, 0.25) is 0 Å². The maximum Gasteiger partial charge on any atom is 0.270 e. The summed E-state index contributed by atoms with van der Waals surface area (Å²) in [6.45, 7) is 0.513. The van der Waals surface area contributed by atoms with Crippen molar-refractivity contribution in [3.05, 3.63) is 51.7 Å². The molecular formula is C15H15N3O4. The predicted molar refractivity (Wildman–Crippen MR) is 78.2 cm³/mol. The molecule has 1 aromatic heterocycles. The molecule has 0 spiro atoms. The summed E-state index contributed by atoms with van der Waals surface area (Å²) in [5, 5.41) is 2.67. The van der Waals surface area contributed by atoms with Crippen LogP contribution in [0, 0.1) is 0 Å². The molecule has 7 nitrogen and oxygen atoms in total. The molecule has 22 heavy (non-hydrogen) atoms. The smallest absolute Gasteiger partial charge is 0.270 e. The zero-order valence-corrected chi connectivity index (χ0v) is 12.0. The van der Waals surface area contributed by atoms with Gasteiger partial charge >= 0.3 is 0 Å². The van der Waals surface area contributed by atoms with Gasteiger partial charge in [-0.25, -0.2) is 4.98 Å². The van der Waals surface area contributed by atoms with E-state index in [1.807, 2.05) is 0 Å². The fourth-order valence-corrected chi connectivity index (χ4v) is 2.26. The van der Waals surface area contributed by atoms with Crippen LogP contribution in [0.3, 0.4) is 0 Å². The van der Waals surface area contributed by atoms with Gasteiger partial charge in [-0.05, 0) is 18.6 Å². The number of carbonyl (C=O) groups is 1. The largest absolute Gasteiger partial charge is 0.497 e. The highest BCUT2D eigenvalue weighted by molar-refractivity contribution is 5.94. The van der Waals surface area contributed by atoms with Crippen LogP contribution in [-0.4, -0.2) is 29.5 Å². The quantitative estimate of drug-likeness (QED) is 0.864. The molecule has 0 unspecified atom stereocenters. The lowest BCUT2D eigenvalue weighted by atomic mass is 10.1. The zero-order valence-electron chi connectivity index (χ0n) is 12.0. The van der Waals surface area contributed by atoms with E-state index in [0.29, 0.717) is 35.9 Å². The Morgan fingerprint density at radius 3 is 2.91 bits per heavy atom. The highest BCUT2D eigenvalue weighted by Crippen LogP contribution is 2.19. The van der Waals surface area contributed by atoms with Gasteiger partial charge in [-0.2, -0.15) is 0 Å². The Morgan fingerprint density at radius 1 is 1.27 bits per heavy atom. The molecule has 2 aromatic rings. The van der Waals surface area contributed by atoms with Crippen molar-refractivity contribution < 1.29 is 14.3 Å².